The molecule has 3 amide bonds. The number of hydrogen-bond donors (Lipinski definition) is 0. The van der Waals surface area contributed by atoms with E-state index >= 15 is 0 Å². The molecule has 1 aliphatic heterocycles. The summed E-state index contributed by atoms with van der Waals surface area (Å²) in [5.74, 6) is 0.0169. The summed E-state index contributed by atoms with van der Waals surface area (Å²) in [6.07, 6.45) is 1.91. The second-order valence-corrected chi connectivity index (χ2v) is 5.12. The average molecular weight is 299 g/mol. The highest BCUT2D eigenvalue weighted by Gasteiger charge is 2.20. The molecule has 0 saturated carbocycles. The van der Waals surface area contributed by atoms with Gasteiger partial charge < -0.3 is 19.4 Å². The summed E-state index contributed by atoms with van der Waals surface area (Å²) < 4.78 is 4.97. The van der Waals surface area contributed by atoms with Crippen LogP contribution in [0.5, 0.6) is 0 Å². The molecule has 0 spiro atoms. The molecule has 21 heavy (non-hydrogen) atoms. The van der Waals surface area contributed by atoms with Gasteiger partial charge in [-0.05, 0) is 6.42 Å². The molecular formula is C14H25N3O4. The molecule has 1 heterocycles. The maximum atomic E-state index is 12.1. The van der Waals surface area contributed by atoms with Crippen LogP contribution in [0.25, 0.3) is 0 Å². The van der Waals surface area contributed by atoms with Crippen LogP contribution in [-0.4, -0.2) is 85.9 Å². The Balaban J connectivity index is 2.32. The summed E-state index contributed by atoms with van der Waals surface area (Å²) in [5.41, 5.74) is 0. The average Bonchev–Trinajstić information content (AvgIpc) is 2.50. The van der Waals surface area contributed by atoms with E-state index in [2.05, 4.69) is 0 Å². The SMILES string of the molecule is COCCCN(CCC(=O)N1CCN(C=O)CC1)C(C)=O. The first-order chi connectivity index (χ1) is 10.1. The number of rotatable bonds is 8. The van der Waals surface area contributed by atoms with Gasteiger partial charge in [-0.15, -0.1) is 0 Å². The molecule has 0 aromatic rings. The lowest BCUT2D eigenvalue weighted by Gasteiger charge is -2.33. The van der Waals surface area contributed by atoms with Crippen LogP contribution >= 0.6 is 0 Å². The number of nitrogens with zero attached hydrogens (tertiary/aromatic N) is 3. The Morgan fingerprint density at radius 3 is 2.38 bits per heavy atom. The zero-order chi connectivity index (χ0) is 15.7. The van der Waals surface area contributed by atoms with Gasteiger partial charge in [0.1, 0.15) is 0 Å². The highest BCUT2D eigenvalue weighted by Crippen LogP contribution is 2.04. The van der Waals surface area contributed by atoms with Gasteiger partial charge in [0, 0.05) is 66.3 Å². The van der Waals surface area contributed by atoms with Crippen molar-refractivity contribution in [2.24, 2.45) is 0 Å². The maximum absolute atomic E-state index is 12.1. The van der Waals surface area contributed by atoms with Gasteiger partial charge in [-0.2, -0.15) is 0 Å². The maximum Gasteiger partial charge on any atom is 0.224 e. The molecule has 0 aliphatic carbocycles. The first-order valence-corrected chi connectivity index (χ1v) is 7.30. The van der Waals surface area contributed by atoms with Gasteiger partial charge in [0.05, 0.1) is 0 Å². The van der Waals surface area contributed by atoms with E-state index in [9.17, 15) is 14.4 Å². The molecule has 1 aliphatic rings. The number of carbonyl (C=O) groups excluding carboxylic acids is 3. The molecule has 1 rings (SSSR count). The van der Waals surface area contributed by atoms with Crippen LogP contribution in [0, 0.1) is 0 Å². The first-order valence-electron chi connectivity index (χ1n) is 7.30. The van der Waals surface area contributed by atoms with Crippen molar-refractivity contribution in [3.63, 3.8) is 0 Å². The molecule has 120 valence electrons. The number of amides is 3. The summed E-state index contributed by atoms with van der Waals surface area (Å²) in [7, 11) is 1.63. The van der Waals surface area contributed by atoms with E-state index in [1.807, 2.05) is 0 Å². The van der Waals surface area contributed by atoms with E-state index in [4.69, 9.17) is 4.74 Å². The highest BCUT2D eigenvalue weighted by molar-refractivity contribution is 5.78. The lowest BCUT2D eigenvalue weighted by Crippen LogP contribution is -2.48. The van der Waals surface area contributed by atoms with Gasteiger partial charge in [0.25, 0.3) is 0 Å². The minimum atomic E-state index is -0.0234. The molecule has 0 aromatic carbocycles. The number of carbonyl (C=O) groups is 3. The van der Waals surface area contributed by atoms with E-state index in [0.717, 1.165) is 12.8 Å². The molecule has 7 heteroatoms. The molecule has 0 radical (unpaired) electrons. The van der Waals surface area contributed by atoms with Gasteiger partial charge in [-0.25, -0.2) is 0 Å². The predicted molar refractivity (Wildman–Crippen MR) is 77.6 cm³/mol. The van der Waals surface area contributed by atoms with Gasteiger partial charge >= 0.3 is 0 Å². The number of ether oxygens (including phenoxy) is 1. The Kier molecular flexibility index (Phi) is 7.74. The molecule has 7 nitrogen and oxygen atoms in total. The van der Waals surface area contributed by atoms with E-state index in [1.165, 1.54) is 6.92 Å². The van der Waals surface area contributed by atoms with Gasteiger partial charge in [0.2, 0.25) is 18.2 Å². The standard InChI is InChI=1S/C14H25N3O4/c1-13(19)16(5-3-11-21-2)6-4-14(20)17-9-7-15(12-18)8-10-17/h12H,3-11H2,1-2H3. The van der Waals surface area contributed by atoms with Crippen LogP contribution < -0.4 is 0 Å². The monoisotopic (exact) mass is 299 g/mol. The Labute approximate surface area is 125 Å². The van der Waals surface area contributed by atoms with E-state index < -0.39 is 0 Å². The third-order valence-electron chi connectivity index (χ3n) is 3.63. The lowest BCUT2D eigenvalue weighted by molar-refractivity contribution is -0.136. The normalized spacial score (nSPS) is 15.0. The number of methoxy groups -OCH3 is 1. The largest absolute Gasteiger partial charge is 0.385 e. The zero-order valence-corrected chi connectivity index (χ0v) is 12.9. The Morgan fingerprint density at radius 1 is 1.19 bits per heavy atom. The topological polar surface area (TPSA) is 70.2 Å². The quantitative estimate of drug-likeness (QED) is 0.450. The molecular weight excluding hydrogens is 274 g/mol. The van der Waals surface area contributed by atoms with E-state index in [0.29, 0.717) is 52.3 Å². The van der Waals surface area contributed by atoms with E-state index in [-0.39, 0.29) is 11.8 Å². The van der Waals surface area contributed by atoms with Crippen LogP contribution in [0.2, 0.25) is 0 Å². The summed E-state index contributed by atoms with van der Waals surface area (Å²) in [6, 6.07) is 0. The van der Waals surface area contributed by atoms with Crippen LogP contribution in [-0.2, 0) is 19.1 Å². The van der Waals surface area contributed by atoms with Crippen LogP contribution in [0.1, 0.15) is 19.8 Å². The van der Waals surface area contributed by atoms with Crippen molar-refractivity contribution >= 4 is 18.2 Å². The third kappa shape index (κ3) is 6.12. The molecule has 0 atom stereocenters. The highest BCUT2D eigenvalue weighted by atomic mass is 16.5. The molecule has 0 bridgehead atoms. The van der Waals surface area contributed by atoms with Crippen molar-refractivity contribution in [1.82, 2.24) is 14.7 Å². The zero-order valence-electron chi connectivity index (χ0n) is 12.9. The van der Waals surface area contributed by atoms with Crippen LogP contribution in [0.15, 0.2) is 0 Å². The Bertz CT molecular complexity index is 354. The van der Waals surface area contributed by atoms with Crippen LogP contribution in [0.3, 0.4) is 0 Å². The lowest BCUT2D eigenvalue weighted by atomic mass is 10.2. The minimum Gasteiger partial charge on any atom is -0.385 e. The Hall–Kier alpha value is -1.63. The molecule has 0 unspecified atom stereocenters. The van der Waals surface area contributed by atoms with Crippen molar-refractivity contribution in [1.29, 1.82) is 0 Å². The van der Waals surface area contributed by atoms with Crippen molar-refractivity contribution in [2.75, 3.05) is 53.0 Å². The van der Waals surface area contributed by atoms with E-state index in [1.54, 1.807) is 21.8 Å². The molecule has 0 N–H and O–H groups in total. The molecule has 0 aromatic heterocycles. The first kappa shape index (κ1) is 17.4. The minimum absolute atomic E-state index is 0.0234. The van der Waals surface area contributed by atoms with Gasteiger partial charge in [-0.3, -0.25) is 14.4 Å². The summed E-state index contributed by atoms with van der Waals surface area (Å²) in [6.45, 7) is 5.47. The molecule has 1 fully saturated rings. The van der Waals surface area contributed by atoms with Gasteiger partial charge in [-0.1, -0.05) is 0 Å². The Morgan fingerprint density at radius 2 is 1.86 bits per heavy atom. The summed E-state index contributed by atoms with van der Waals surface area (Å²) in [5, 5.41) is 0. The summed E-state index contributed by atoms with van der Waals surface area (Å²) in [4.78, 5) is 39.3. The summed E-state index contributed by atoms with van der Waals surface area (Å²) >= 11 is 0. The second-order valence-electron chi connectivity index (χ2n) is 5.12. The van der Waals surface area contributed by atoms with Crippen molar-refractivity contribution in [3.05, 3.63) is 0 Å². The second kappa shape index (κ2) is 9.33. The van der Waals surface area contributed by atoms with Crippen LogP contribution in [0.4, 0.5) is 0 Å². The third-order valence-corrected chi connectivity index (χ3v) is 3.63. The van der Waals surface area contributed by atoms with Crippen molar-refractivity contribution < 1.29 is 19.1 Å². The predicted octanol–water partition coefficient (Wildman–Crippen LogP) is -0.438. The van der Waals surface area contributed by atoms with Crippen molar-refractivity contribution in [2.45, 2.75) is 19.8 Å². The number of hydrogen-bond acceptors (Lipinski definition) is 4. The number of piperazine rings is 1. The van der Waals surface area contributed by atoms with Gasteiger partial charge in [0.15, 0.2) is 0 Å². The fourth-order valence-electron chi connectivity index (χ4n) is 2.29. The fourth-order valence-corrected chi connectivity index (χ4v) is 2.29. The van der Waals surface area contributed by atoms with Crippen molar-refractivity contribution in [3.8, 4) is 0 Å². The molecule has 1 saturated heterocycles. The smallest absolute Gasteiger partial charge is 0.224 e. The fraction of sp³-hybridized carbons (Fsp3) is 0.786.